The normalized spacial score (nSPS) is 10.6. The number of aryl methyl sites for hydroxylation is 1. The molecule has 0 unspecified atom stereocenters. The van der Waals surface area contributed by atoms with Gasteiger partial charge in [-0.3, -0.25) is 4.79 Å². The number of para-hydroxylation sites is 1. The minimum Gasteiger partial charge on any atom is -0.452 e. The fourth-order valence-corrected chi connectivity index (χ4v) is 3.02. The number of hydrogen-bond donors (Lipinski definition) is 1. The van der Waals surface area contributed by atoms with Gasteiger partial charge < -0.3 is 14.6 Å². The SMILES string of the molecule is Cn1cc(C(=O)OCC(=O)Nc2cccc(I)c2)c2ccccc21. The van der Waals surface area contributed by atoms with Gasteiger partial charge in [0.25, 0.3) is 5.91 Å². The molecule has 122 valence electrons. The quantitative estimate of drug-likeness (QED) is 0.505. The molecule has 1 N–H and O–H groups in total. The summed E-state index contributed by atoms with van der Waals surface area (Å²) in [6.45, 7) is -0.326. The van der Waals surface area contributed by atoms with Crippen LogP contribution in [0.15, 0.2) is 54.7 Å². The van der Waals surface area contributed by atoms with Crippen LogP contribution < -0.4 is 5.32 Å². The second-order valence-electron chi connectivity index (χ2n) is 5.31. The van der Waals surface area contributed by atoms with Crippen molar-refractivity contribution in [3.8, 4) is 0 Å². The van der Waals surface area contributed by atoms with Gasteiger partial charge in [-0.15, -0.1) is 0 Å². The number of carbonyl (C=O) groups excluding carboxylic acids is 2. The monoisotopic (exact) mass is 434 g/mol. The average molecular weight is 434 g/mol. The molecule has 0 atom stereocenters. The van der Waals surface area contributed by atoms with Gasteiger partial charge >= 0.3 is 5.97 Å². The summed E-state index contributed by atoms with van der Waals surface area (Å²) in [6.07, 6.45) is 1.71. The number of anilines is 1. The third-order valence-electron chi connectivity index (χ3n) is 3.56. The minimum atomic E-state index is -0.510. The second-order valence-corrected chi connectivity index (χ2v) is 6.55. The third-order valence-corrected chi connectivity index (χ3v) is 4.23. The third kappa shape index (κ3) is 3.59. The van der Waals surface area contributed by atoms with Crippen LogP contribution in [0.2, 0.25) is 0 Å². The Hall–Kier alpha value is -2.35. The van der Waals surface area contributed by atoms with Gasteiger partial charge in [0.1, 0.15) is 0 Å². The van der Waals surface area contributed by atoms with E-state index in [9.17, 15) is 9.59 Å². The molecule has 0 bridgehead atoms. The van der Waals surface area contributed by atoms with Crippen molar-refractivity contribution in [3.05, 3.63) is 63.9 Å². The van der Waals surface area contributed by atoms with Gasteiger partial charge in [0, 0.05) is 33.4 Å². The number of fused-ring (bicyclic) bond motifs is 1. The minimum absolute atomic E-state index is 0.326. The van der Waals surface area contributed by atoms with Crippen LogP contribution in [0.25, 0.3) is 10.9 Å². The van der Waals surface area contributed by atoms with E-state index in [1.165, 1.54) is 0 Å². The number of hydrogen-bond acceptors (Lipinski definition) is 3. The largest absolute Gasteiger partial charge is 0.452 e. The first kappa shape index (κ1) is 16.5. The first-order valence-corrected chi connectivity index (χ1v) is 8.39. The standard InChI is InChI=1S/C18H15IN2O3/c1-21-10-15(14-7-2-3-8-16(14)21)18(23)24-11-17(22)20-13-6-4-5-12(19)9-13/h2-10H,11H2,1H3,(H,20,22). The summed E-state index contributed by atoms with van der Waals surface area (Å²) in [7, 11) is 1.86. The number of esters is 1. The Labute approximate surface area is 152 Å². The van der Waals surface area contributed by atoms with E-state index in [1.54, 1.807) is 12.3 Å². The molecule has 0 saturated heterocycles. The van der Waals surface area contributed by atoms with Crippen molar-refractivity contribution < 1.29 is 14.3 Å². The van der Waals surface area contributed by atoms with Crippen molar-refractivity contribution in [2.75, 3.05) is 11.9 Å². The molecule has 0 fully saturated rings. The van der Waals surface area contributed by atoms with Crippen LogP contribution in [0.3, 0.4) is 0 Å². The van der Waals surface area contributed by atoms with Crippen LogP contribution in [-0.2, 0) is 16.6 Å². The highest BCUT2D eigenvalue weighted by Crippen LogP contribution is 2.21. The van der Waals surface area contributed by atoms with Gasteiger partial charge in [0.05, 0.1) is 5.56 Å². The average Bonchev–Trinajstić information content (AvgIpc) is 2.90. The lowest BCUT2D eigenvalue weighted by molar-refractivity contribution is -0.119. The smallest absolute Gasteiger partial charge is 0.340 e. The fourth-order valence-electron chi connectivity index (χ4n) is 2.48. The Morgan fingerprint density at radius 3 is 2.75 bits per heavy atom. The van der Waals surface area contributed by atoms with Crippen LogP contribution in [0.4, 0.5) is 5.69 Å². The van der Waals surface area contributed by atoms with Crippen molar-refractivity contribution in [3.63, 3.8) is 0 Å². The van der Waals surface area contributed by atoms with Crippen LogP contribution in [0.1, 0.15) is 10.4 Å². The molecule has 0 radical (unpaired) electrons. The van der Waals surface area contributed by atoms with Crippen LogP contribution >= 0.6 is 22.6 Å². The zero-order valence-corrected chi connectivity index (χ0v) is 15.1. The maximum atomic E-state index is 12.3. The van der Waals surface area contributed by atoms with Crippen molar-refractivity contribution >= 4 is 51.1 Å². The van der Waals surface area contributed by atoms with Crippen molar-refractivity contribution in [1.29, 1.82) is 0 Å². The summed E-state index contributed by atoms with van der Waals surface area (Å²) in [6, 6.07) is 15.0. The molecule has 3 rings (SSSR count). The van der Waals surface area contributed by atoms with E-state index in [2.05, 4.69) is 27.9 Å². The van der Waals surface area contributed by atoms with Gasteiger partial charge in [-0.1, -0.05) is 24.3 Å². The number of aromatic nitrogens is 1. The van der Waals surface area contributed by atoms with Gasteiger partial charge in [0.15, 0.2) is 6.61 Å². The first-order valence-electron chi connectivity index (χ1n) is 7.31. The van der Waals surface area contributed by atoms with E-state index < -0.39 is 5.97 Å². The number of nitrogens with zero attached hydrogens (tertiary/aromatic N) is 1. The Morgan fingerprint density at radius 1 is 1.17 bits per heavy atom. The highest BCUT2D eigenvalue weighted by molar-refractivity contribution is 14.1. The van der Waals surface area contributed by atoms with Gasteiger partial charge in [0.2, 0.25) is 0 Å². The number of carbonyl (C=O) groups is 2. The summed E-state index contributed by atoms with van der Waals surface area (Å²) in [5.41, 5.74) is 2.07. The highest BCUT2D eigenvalue weighted by atomic mass is 127. The number of amides is 1. The topological polar surface area (TPSA) is 60.3 Å². The molecule has 0 aliphatic heterocycles. The van der Waals surface area contributed by atoms with Crippen molar-refractivity contribution in [1.82, 2.24) is 4.57 Å². The zero-order valence-electron chi connectivity index (χ0n) is 13.0. The first-order chi connectivity index (χ1) is 11.5. The number of nitrogens with one attached hydrogen (secondary N) is 1. The van der Waals surface area contributed by atoms with E-state index in [4.69, 9.17) is 4.74 Å². The summed E-state index contributed by atoms with van der Waals surface area (Å²) < 4.78 is 8.02. The molecule has 1 heterocycles. The molecular formula is C18H15IN2O3. The lowest BCUT2D eigenvalue weighted by Gasteiger charge is -2.06. The molecule has 5 nitrogen and oxygen atoms in total. The molecule has 3 aromatic rings. The molecule has 0 spiro atoms. The molecule has 6 heteroatoms. The number of ether oxygens (including phenoxy) is 1. The number of rotatable bonds is 4. The van der Waals surface area contributed by atoms with Crippen molar-refractivity contribution in [2.45, 2.75) is 0 Å². The van der Waals surface area contributed by atoms with Gasteiger partial charge in [-0.05, 0) is 46.9 Å². The van der Waals surface area contributed by atoms with Crippen LogP contribution in [0, 0.1) is 3.57 Å². The summed E-state index contributed by atoms with van der Waals surface area (Å²) >= 11 is 2.16. The van der Waals surface area contributed by atoms with Crippen LogP contribution in [0.5, 0.6) is 0 Å². The van der Waals surface area contributed by atoms with E-state index in [1.807, 2.05) is 54.1 Å². The Balaban J connectivity index is 1.65. The van der Waals surface area contributed by atoms with Crippen LogP contribution in [-0.4, -0.2) is 23.1 Å². The molecule has 0 aliphatic carbocycles. The predicted octanol–water partition coefficient (Wildman–Crippen LogP) is 3.58. The second kappa shape index (κ2) is 7.04. The fraction of sp³-hybridized carbons (Fsp3) is 0.111. The molecule has 24 heavy (non-hydrogen) atoms. The molecule has 2 aromatic carbocycles. The maximum absolute atomic E-state index is 12.3. The highest BCUT2D eigenvalue weighted by Gasteiger charge is 2.16. The zero-order chi connectivity index (χ0) is 17.1. The lowest BCUT2D eigenvalue weighted by atomic mass is 10.2. The number of benzene rings is 2. The maximum Gasteiger partial charge on any atom is 0.340 e. The predicted molar refractivity (Wildman–Crippen MR) is 101 cm³/mol. The van der Waals surface area contributed by atoms with E-state index in [0.717, 1.165) is 14.5 Å². The van der Waals surface area contributed by atoms with E-state index >= 15 is 0 Å². The molecule has 1 aromatic heterocycles. The lowest BCUT2D eigenvalue weighted by Crippen LogP contribution is -2.20. The molecule has 1 amide bonds. The Morgan fingerprint density at radius 2 is 1.96 bits per heavy atom. The van der Waals surface area contributed by atoms with Gasteiger partial charge in [-0.25, -0.2) is 4.79 Å². The summed E-state index contributed by atoms with van der Waals surface area (Å²) in [5.74, 6) is -0.879. The molecular weight excluding hydrogens is 419 g/mol. The summed E-state index contributed by atoms with van der Waals surface area (Å²) in [4.78, 5) is 24.2. The van der Waals surface area contributed by atoms with Gasteiger partial charge in [-0.2, -0.15) is 0 Å². The summed E-state index contributed by atoms with van der Waals surface area (Å²) in [5, 5.41) is 3.51. The van der Waals surface area contributed by atoms with E-state index in [0.29, 0.717) is 11.3 Å². The van der Waals surface area contributed by atoms with E-state index in [-0.39, 0.29) is 12.5 Å². The number of halogens is 1. The molecule has 0 aliphatic rings. The Kier molecular flexibility index (Phi) is 4.84. The molecule has 0 saturated carbocycles. The Bertz CT molecular complexity index is 918. The van der Waals surface area contributed by atoms with Crippen molar-refractivity contribution in [2.24, 2.45) is 7.05 Å².